The van der Waals surface area contributed by atoms with Crippen LogP contribution in [-0.2, 0) is 27.4 Å². The molecule has 3 rings (SSSR count). The lowest BCUT2D eigenvalue weighted by Crippen LogP contribution is -2.54. The van der Waals surface area contributed by atoms with Gasteiger partial charge >= 0.3 is 12.1 Å². The van der Waals surface area contributed by atoms with Crippen LogP contribution in [0.25, 0.3) is 10.9 Å². The van der Waals surface area contributed by atoms with E-state index >= 15 is 0 Å². The Balaban J connectivity index is 1.63. The van der Waals surface area contributed by atoms with Gasteiger partial charge in [0.1, 0.15) is 18.7 Å². The number of hydrogen-bond donors (Lipinski definition) is 3. The van der Waals surface area contributed by atoms with E-state index in [9.17, 15) is 19.5 Å². The number of amides is 2. The summed E-state index contributed by atoms with van der Waals surface area (Å²) >= 11 is 0. The topological polar surface area (TPSA) is 118 Å². The minimum atomic E-state index is -1.20. The van der Waals surface area contributed by atoms with Gasteiger partial charge in [-0.05, 0) is 23.6 Å². The van der Waals surface area contributed by atoms with Crippen LogP contribution in [-0.4, -0.2) is 40.1 Å². The highest BCUT2D eigenvalue weighted by Gasteiger charge is 2.29. The number of carboxylic acid groups (broad SMARTS) is 1. The van der Waals surface area contributed by atoms with E-state index in [0.29, 0.717) is 5.69 Å². The van der Waals surface area contributed by atoms with Crippen molar-refractivity contribution in [2.75, 3.05) is 0 Å². The summed E-state index contributed by atoms with van der Waals surface area (Å²) in [7, 11) is 0. The van der Waals surface area contributed by atoms with Crippen molar-refractivity contribution < 1.29 is 24.2 Å². The fourth-order valence-corrected chi connectivity index (χ4v) is 3.32. The minimum absolute atomic E-state index is 0.00910. The molecule has 0 radical (unpaired) electrons. The van der Waals surface area contributed by atoms with Crippen molar-refractivity contribution >= 4 is 28.9 Å². The van der Waals surface area contributed by atoms with Crippen molar-refractivity contribution in [1.29, 1.82) is 0 Å². The number of benzene rings is 2. The standard InChI is InChI=1S/C25H27N3O5/c1-16(2)22(28-25(32)33-15-17-8-4-3-5-9-17)23(29)27-21(24(30)31)14-19-13-12-18-10-6-7-11-20(18)26-19/h3-13,16,21-22H,14-15H2,1-2H3,(H,27,29)(H,28,32)(H,30,31)/t21-,22+/m1/s1. The predicted molar refractivity (Wildman–Crippen MR) is 123 cm³/mol. The normalized spacial score (nSPS) is 12.7. The maximum Gasteiger partial charge on any atom is 0.408 e. The molecule has 0 aliphatic carbocycles. The maximum atomic E-state index is 12.8. The van der Waals surface area contributed by atoms with Gasteiger partial charge in [0.05, 0.1) is 5.52 Å². The van der Waals surface area contributed by atoms with Crippen LogP contribution in [0.4, 0.5) is 4.79 Å². The highest BCUT2D eigenvalue weighted by Crippen LogP contribution is 2.13. The van der Waals surface area contributed by atoms with Crippen molar-refractivity contribution in [2.24, 2.45) is 5.92 Å². The first-order valence-corrected chi connectivity index (χ1v) is 10.7. The molecular weight excluding hydrogens is 422 g/mol. The van der Waals surface area contributed by atoms with Gasteiger partial charge in [-0.3, -0.25) is 9.78 Å². The van der Waals surface area contributed by atoms with E-state index in [2.05, 4.69) is 15.6 Å². The number of carbonyl (C=O) groups is 3. The number of nitrogens with zero attached hydrogens (tertiary/aromatic N) is 1. The summed E-state index contributed by atoms with van der Waals surface area (Å²) < 4.78 is 5.19. The number of hydrogen-bond acceptors (Lipinski definition) is 5. The van der Waals surface area contributed by atoms with Crippen LogP contribution >= 0.6 is 0 Å². The highest BCUT2D eigenvalue weighted by molar-refractivity contribution is 5.89. The van der Waals surface area contributed by atoms with Gasteiger partial charge < -0.3 is 20.5 Å². The Morgan fingerprint density at radius 3 is 2.33 bits per heavy atom. The number of aromatic nitrogens is 1. The molecule has 1 heterocycles. The zero-order valence-corrected chi connectivity index (χ0v) is 18.5. The maximum absolute atomic E-state index is 12.8. The van der Waals surface area contributed by atoms with Gasteiger partial charge in [0.25, 0.3) is 0 Å². The molecule has 8 nitrogen and oxygen atoms in total. The van der Waals surface area contributed by atoms with Crippen LogP contribution in [0.2, 0.25) is 0 Å². The summed E-state index contributed by atoms with van der Waals surface area (Å²) in [5.41, 5.74) is 2.10. The number of pyridine rings is 1. The number of rotatable bonds is 9. The Labute approximate surface area is 192 Å². The second kappa shape index (κ2) is 11.1. The summed E-state index contributed by atoms with van der Waals surface area (Å²) in [5, 5.41) is 15.7. The first kappa shape index (κ1) is 23.7. The molecule has 0 fully saturated rings. The Morgan fingerprint density at radius 2 is 1.64 bits per heavy atom. The minimum Gasteiger partial charge on any atom is -0.480 e. The first-order valence-electron chi connectivity index (χ1n) is 10.7. The summed E-state index contributed by atoms with van der Waals surface area (Å²) in [6.07, 6.45) is -0.745. The predicted octanol–water partition coefficient (Wildman–Crippen LogP) is 3.30. The lowest BCUT2D eigenvalue weighted by atomic mass is 10.0. The molecule has 1 aromatic heterocycles. The molecule has 0 saturated carbocycles. The van der Waals surface area contributed by atoms with E-state index in [0.717, 1.165) is 16.5 Å². The van der Waals surface area contributed by atoms with Gasteiger partial charge in [-0.25, -0.2) is 9.59 Å². The van der Waals surface area contributed by atoms with Crippen LogP contribution < -0.4 is 10.6 Å². The molecule has 0 aliphatic rings. The smallest absolute Gasteiger partial charge is 0.408 e. The number of para-hydroxylation sites is 1. The third-order valence-electron chi connectivity index (χ3n) is 5.12. The molecule has 0 saturated heterocycles. The Kier molecular flexibility index (Phi) is 7.96. The van der Waals surface area contributed by atoms with Crippen molar-refractivity contribution in [2.45, 2.75) is 39.0 Å². The monoisotopic (exact) mass is 449 g/mol. The second-order valence-electron chi connectivity index (χ2n) is 8.03. The van der Waals surface area contributed by atoms with Crippen LogP contribution in [0.5, 0.6) is 0 Å². The zero-order chi connectivity index (χ0) is 23.8. The SMILES string of the molecule is CC(C)[C@H](NC(=O)OCc1ccccc1)C(=O)N[C@H](Cc1ccc2ccccc2n1)C(=O)O. The fourth-order valence-electron chi connectivity index (χ4n) is 3.32. The number of fused-ring (bicyclic) bond motifs is 1. The molecule has 0 aliphatic heterocycles. The molecular formula is C25H27N3O5. The van der Waals surface area contributed by atoms with E-state index < -0.39 is 30.1 Å². The molecule has 2 aromatic carbocycles. The Hall–Kier alpha value is -3.94. The Bertz CT molecular complexity index is 1120. The fraction of sp³-hybridized carbons (Fsp3) is 0.280. The van der Waals surface area contributed by atoms with E-state index in [1.54, 1.807) is 19.9 Å². The molecule has 172 valence electrons. The lowest BCUT2D eigenvalue weighted by Gasteiger charge is -2.23. The summed E-state index contributed by atoms with van der Waals surface area (Å²) in [6, 6.07) is 18.1. The molecule has 8 heteroatoms. The Morgan fingerprint density at radius 1 is 0.939 bits per heavy atom. The highest BCUT2D eigenvalue weighted by atomic mass is 16.5. The summed E-state index contributed by atoms with van der Waals surface area (Å²) in [5.74, 6) is -2.08. The number of alkyl carbamates (subject to hydrolysis) is 1. The third kappa shape index (κ3) is 6.77. The summed E-state index contributed by atoms with van der Waals surface area (Å²) in [4.78, 5) is 41.4. The molecule has 3 aromatic rings. The average molecular weight is 450 g/mol. The molecule has 2 atom stereocenters. The number of carbonyl (C=O) groups excluding carboxylic acids is 2. The number of carboxylic acids is 1. The van der Waals surface area contributed by atoms with Gasteiger partial charge in [-0.15, -0.1) is 0 Å². The molecule has 33 heavy (non-hydrogen) atoms. The quantitative estimate of drug-likeness (QED) is 0.461. The van der Waals surface area contributed by atoms with Crippen LogP contribution in [0.1, 0.15) is 25.1 Å². The van der Waals surface area contributed by atoms with Gasteiger partial charge in [-0.1, -0.05) is 68.4 Å². The van der Waals surface area contributed by atoms with Crippen LogP contribution in [0, 0.1) is 5.92 Å². The largest absolute Gasteiger partial charge is 0.480 e. The molecule has 0 bridgehead atoms. The number of aliphatic carboxylic acids is 1. The van der Waals surface area contributed by atoms with Crippen LogP contribution in [0.3, 0.4) is 0 Å². The zero-order valence-electron chi connectivity index (χ0n) is 18.5. The van der Waals surface area contributed by atoms with Crippen molar-refractivity contribution in [1.82, 2.24) is 15.6 Å². The third-order valence-corrected chi connectivity index (χ3v) is 5.12. The van der Waals surface area contributed by atoms with E-state index in [4.69, 9.17) is 4.74 Å². The average Bonchev–Trinajstić information content (AvgIpc) is 2.81. The van der Waals surface area contributed by atoms with E-state index in [1.807, 2.05) is 60.7 Å². The van der Waals surface area contributed by atoms with E-state index in [1.165, 1.54) is 0 Å². The molecule has 3 N–H and O–H groups in total. The first-order chi connectivity index (χ1) is 15.8. The molecule has 2 amide bonds. The van der Waals surface area contributed by atoms with E-state index in [-0.39, 0.29) is 18.9 Å². The van der Waals surface area contributed by atoms with Crippen molar-refractivity contribution in [3.8, 4) is 0 Å². The lowest BCUT2D eigenvalue weighted by molar-refractivity contribution is -0.142. The van der Waals surface area contributed by atoms with Crippen molar-refractivity contribution in [3.05, 3.63) is 78.0 Å². The second-order valence-corrected chi connectivity index (χ2v) is 8.03. The molecule has 0 unspecified atom stereocenters. The summed E-state index contributed by atoms with van der Waals surface area (Å²) in [6.45, 7) is 3.56. The van der Waals surface area contributed by atoms with Gasteiger partial charge in [0.15, 0.2) is 0 Å². The van der Waals surface area contributed by atoms with Crippen LogP contribution in [0.15, 0.2) is 66.7 Å². The van der Waals surface area contributed by atoms with Gasteiger partial charge in [0.2, 0.25) is 5.91 Å². The van der Waals surface area contributed by atoms with Gasteiger partial charge in [0, 0.05) is 17.5 Å². The van der Waals surface area contributed by atoms with Gasteiger partial charge in [-0.2, -0.15) is 0 Å². The molecule has 0 spiro atoms. The van der Waals surface area contributed by atoms with Crippen molar-refractivity contribution in [3.63, 3.8) is 0 Å². The number of ether oxygens (including phenoxy) is 1. The number of nitrogens with one attached hydrogen (secondary N) is 2.